The molecule has 0 radical (unpaired) electrons. The zero-order chi connectivity index (χ0) is 14.2. The van der Waals surface area contributed by atoms with Crippen LogP contribution in [0.25, 0.3) is 0 Å². The van der Waals surface area contributed by atoms with E-state index in [2.05, 4.69) is 20.2 Å². The molecule has 2 aromatic rings. The van der Waals surface area contributed by atoms with Gasteiger partial charge in [0, 0.05) is 23.5 Å². The summed E-state index contributed by atoms with van der Waals surface area (Å²) in [4.78, 5) is 11.4. The van der Waals surface area contributed by atoms with Crippen molar-refractivity contribution in [3.05, 3.63) is 33.9 Å². The molecule has 3 heterocycles. The molecule has 4 rings (SSSR count). The molecule has 0 amide bonds. The Balaban J connectivity index is 1.50. The van der Waals surface area contributed by atoms with Crippen molar-refractivity contribution in [3.63, 3.8) is 0 Å². The Labute approximate surface area is 128 Å². The van der Waals surface area contributed by atoms with Crippen molar-refractivity contribution in [1.82, 2.24) is 14.9 Å². The number of hydrogen-bond donors (Lipinski definition) is 0. The number of ether oxygens (including phenoxy) is 1. The van der Waals surface area contributed by atoms with Crippen LogP contribution in [0.4, 0.5) is 0 Å². The number of oxazole rings is 1. The number of hydrogen-bond acceptors (Lipinski definition) is 6. The van der Waals surface area contributed by atoms with Crippen molar-refractivity contribution in [2.24, 2.45) is 0 Å². The summed E-state index contributed by atoms with van der Waals surface area (Å²) in [6.45, 7) is 5.20. The first-order valence-corrected chi connectivity index (χ1v) is 8.36. The summed E-state index contributed by atoms with van der Waals surface area (Å²) < 4.78 is 11.5. The van der Waals surface area contributed by atoms with E-state index in [1.165, 1.54) is 12.8 Å². The van der Waals surface area contributed by atoms with Crippen molar-refractivity contribution in [2.75, 3.05) is 19.8 Å². The highest BCUT2D eigenvalue weighted by atomic mass is 32.1. The maximum atomic E-state index is 5.89. The van der Waals surface area contributed by atoms with E-state index in [0.717, 1.165) is 42.0 Å². The fourth-order valence-electron chi connectivity index (χ4n) is 2.69. The first-order chi connectivity index (χ1) is 10.3. The molecule has 2 fully saturated rings. The molecular formula is C15H19N3O2S. The van der Waals surface area contributed by atoms with Crippen LogP contribution in [0.15, 0.2) is 16.0 Å². The normalized spacial score (nSPS) is 23.6. The Hall–Kier alpha value is -1.24. The number of aryl methyl sites for hydroxylation is 1. The van der Waals surface area contributed by atoms with Crippen LogP contribution >= 0.6 is 11.3 Å². The average Bonchev–Trinajstić information content (AvgIpc) is 3.09. The Morgan fingerprint density at radius 2 is 2.33 bits per heavy atom. The van der Waals surface area contributed by atoms with Crippen LogP contribution in [0.2, 0.25) is 0 Å². The lowest BCUT2D eigenvalue weighted by Gasteiger charge is -2.33. The molecule has 0 bridgehead atoms. The Kier molecular flexibility index (Phi) is 3.52. The van der Waals surface area contributed by atoms with Crippen molar-refractivity contribution >= 4 is 11.3 Å². The number of thiazole rings is 1. The van der Waals surface area contributed by atoms with Gasteiger partial charge in [0.2, 0.25) is 0 Å². The van der Waals surface area contributed by atoms with Crippen LogP contribution in [-0.4, -0.2) is 34.6 Å². The van der Waals surface area contributed by atoms with Crippen LogP contribution < -0.4 is 0 Å². The molecule has 2 aliphatic rings. The van der Waals surface area contributed by atoms with Gasteiger partial charge >= 0.3 is 0 Å². The topological polar surface area (TPSA) is 51.4 Å². The van der Waals surface area contributed by atoms with Gasteiger partial charge in [0.1, 0.15) is 10.8 Å². The summed E-state index contributed by atoms with van der Waals surface area (Å²) in [5, 5.41) is 3.23. The molecule has 1 unspecified atom stereocenters. The molecule has 1 aliphatic carbocycles. The average molecular weight is 305 g/mol. The molecule has 2 aromatic heterocycles. The quantitative estimate of drug-likeness (QED) is 0.869. The summed E-state index contributed by atoms with van der Waals surface area (Å²) in [5.41, 5.74) is 1.08. The van der Waals surface area contributed by atoms with Crippen LogP contribution in [0, 0.1) is 6.92 Å². The van der Waals surface area contributed by atoms with Crippen molar-refractivity contribution in [3.8, 4) is 0 Å². The molecule has 6 heteroatoms. The number of rotatable bonds is 4. The van der Waals surface area contributed by atoms with Gasteiger partial charge in [0.15, 0.2) is 5.89 Å². The van der Waals surface area contributed by atoms with E-state index in [9.17, 15) is 0 Å². The van der Waals surface area contributed by atoms with Gasteiger partial charge in [-0.3, -0.25) is 4.90 Å². The summed E-state index contributed by atoms with van der Waals surface area (Å²) in [7, 11) is 0. The molecule has 0 aromatic carbocycles. The third-order valence-electron chi connectivity index (χ3n) is 4.02. The van der Waals surface area contributed by atoms with E-state index in [1.807, 2.05) is 13.1 Å². The van der Waals surface area contributed by atoms with Crippen molar-refractivity contribution in [2.45, 2.75) is 38.3 Å². The first kappa shape index (κ1) is 13.4. The lowest BCUT2D eigenvalue weighted by molar-refractivity contribution is -0.0156. The Bertz CT molecular complexity index is 620. The van der Waals surface area contributed by atoms with E-state index in [1.54, 1.807) is 11.3 Å². The Morgan fingerprint density at radius 1 is 1.43 bits per heavy atom. The lowest BCUT2D eigenvalue weighted by Crippen LogP contribution is -2.38. The molecule has 1 saturated carbocycles. The molecule has 5 nitrogen and oxygen atoms in total. The van der Waals surface area contributed by atoms with Gasteiger partial charge in [-0.25, -0.2) is 9.97 Å². The monoisotopic (exact) mass is 305 g/mol. The number of nitrogens with zero attached hydrogens (tertiary/aromatic N) is 3. The molecule has 1 aliphatic heterocycles. The maximum Gasteiger partial charge on any atom is 0.197 e. The molecule has 112 valence electrons. The largest absolute Gasteiger partial charge is 0.444 e. The second-order valence-electron chi connectivity index (χ2n) is 5.83. The fraction of sp³-hybridized carbons (Fsp3) is 0.600. The van der Waals surface area contributed by atoms with E-state index in [-0.39, 0.29) is 6.04 Å². The summed E-state index contributed by atoms with van der Waals surface area (Å²) in [5.74, 6) is 2.44. The van der Waals surface area contributed by atoms with Gasteiger partial charge in [0.25, 0.3) is 0 Å². The van der Waals surface area contributed by atoms with Gasteiger partial charge in [-0.05, 0) is 19.8 Å². The summed E-state index contributed by atoms with van der Waals surface area (Å²) >= 11 is 1.71. The number of aromatic nitrogens is 2. The van der Waals surface area contributed by atoms with Crippen molar-refractivity contribution < 1.29 is 9.15 Å². The SMILES string of the molecule is Cc1csc(C2COCCN2Cc2cnc(C3CC3)o2)n1. The molecule has 21 heavy (non-hydrogen) atoms. The number of morpholine rings is 1. The molecule has 0 N–H and O–H groups in total. The Morgan fingerprint density at radius 3 is 3.10 bits per heavy atom. The van der Waals surface area contributed by atoms with Gasteiger partial charge in [-0.15, -0.1) is 11.3 Å². The minimum atomic E-state index is 0.229. The van der Waals surface area contributed by atoms with E-state index in [0.29, 0.717) is 12.5 Å². The molecular weight excluding hydrogens is 286 g/mol. The lowest BCUT2D eigenvalue weighted by atomic mass is 10.2. The van der Waals surface area contributed by atoms with Gasteiger partial charge in [-0.1, -0.05) is 0 Å². The van der Waals surface area contributed by atoms with Gasteiger partial charge in [-0.2, -0.15) is 0 Å². The summed E-state index contributed by atoms with van der Waals surface area (Å²) in [6.07, 6.45) is 4.32. The van der Waals surface area contributed by atoms with Crippen molar-refractivity contribution in [1.29, 1.82) is 0 Å². The van der Waals surface area contributed by atoms with Crippen LogP contribution in [0.1, 0.15) is 47.2 Å². The minimum Gasteiger partial charge on any atom is -0.444 e. The molecule has 1 atom stereocenters. The highest BCUT2D eigenvalue weighted by Gasteiger charge is 2.30. The van der Waals surface area contributed by atoms with Crippen LogP contribution in [-0.2, 0) is 11.3 Å². The van der Waals surface area contributed by atoms with E-state index in [4.69, 9.17) is 9.15 Å². The van der Waals surface area contributed by atoms with Gasteiger partial charge in [0.05, 0.1) is 32.0 Å². The third-order valence-corrected chi connectivity index (χ3v) is 5.08. The first-order valence-electron chi connectivity index (χ1n) is 7.48. The predicted octanol–water partition coefficient (Wildman–Crippen LogP) is 2.89. The standard InChI is InChI=1S/C15H19N3O2S/c1-10-9-21-15(17-10)13-8-19-5-4-18(13)7-12-6-16-14(20-12)11-2-3-11/h6,9,11,13H,2-5,7-8H2,1H3. The second-order valence-corrected chi connectivity index (χ2v) is 6.72. The zero-order valence-electron chi connectivity index (χ0n) is 12.1. The predicted molar refractivity (Wildman–Crippen MR) is 79.3 cm³/mol. The molecule has 1 saturated heterocycles. The van der Waals surface area contributed by atoms with Crippen LogP contribution in [0.5, 0.6) is 0 Å². The van der Waals surface area contributed by atoms with E-state index >= 15 is 0 Å². The zero-order valence-corrected chi connectivity index (χ0v) is 12.9. The maximum absolute atomic E-state index is 5.89. The van der Waals surface area contributed by atoms with Crippen LogP contribution in [0.3, 0.4) is 0 Å². The third kappa shape index (κ3) is 2.88. The minimum absolute atomic E-state index is 0.229. The smallest absolute Gasteiger partial charge is 0.197 e. The van der Waals surface area contributed by atoms with E-state index < -0.39 is 0 Å². The summed E-state index contributed by atoms with van der Waals surface area (Å²) in [6, 6.07) is 0.229. The van der Waals surface area contributed by atoms with Gasteiger partial charge < -0.3 is 9.15 Å². The highest BCUT2D eigenvalue weighted by Crippen LogP contribution is 2.39. The second kappa shape index (κ2) is 5.51. The highest BCUT2D eigenvalue weighted by molar-refractivity contribution is 7.09. The fourth-order valence-corrected chi connectivity index (χ4v) is 3.61. The molecule has 0 spiro atoms.